The monoisotopic (exact) mass is 244 g/mol. The molecule has 5 nitrogen and oxygen atoms in total. The Balaban J connectivity index is 4.13. The SMILES string of the molecule is COC(=O)[C@H](CC(C)C)NC(=O)CCCCN. The summed E-state index contributed by atoms with van der Waals surface area (Å²) in [5.74, 6) is -0.177. The highest BCUT2D eigenvalue weighted by Crippen LogP contribution is 2.07. The Morgan fingerprint density at radius 3 is 2.41 bits per heavy atom. The number of nitrogens with two attached hydrogens (primary N) is 1. The summed E-state index contributed by atoms with van der Waals surface area (Å²) in [4.78, 5) is 23.0. The molecular formula is C12H24N2O3. The van der Waals surface area contributed by atoms with E-state index in [4.69, 9.17) is 5.73 Å². The standard InChI is InChI=1S/C12H24N2O3/c1-9(2)8-10(12(16)17-3)14-11(15)6-4-5-7-13/h9-10H,4-8,13H2,1-3H3,(H,14,15)/t10-/m0/s1. The number of esters is 1. The van der Waals surface area contributed by atoms with Crippen molar-refractivity contribution < 1.29 is 14.3 Å². The van der Waals surface area contributed by atoms with E-state index < -0.39 is 6.04 Å². The van der Waals surface area contributed by atoms with Gasteiger partial charge in [0.1, 0.15) is 6.04 Å². The third-order valence-corrected chi connectivity index (χ3v) is 2.39. The number of methoxy groups -OCH3 is 1. The predicted molar refractivity (Wildman–Crippen MR) is 66.3 cm³/mol. The Morgan fingerprint density at radius 1 is 1.29 bits per heavy atom. The van der Waals surface area contributed by atoms with Crippen LogP contribution in [0.4, 0.5) is 0 Å². The summed E-state index contributed by atoms with van der Waals surface area (Å²) < 4.78 is 4.67. The summed E-state index contributed by atoms with van der Waals surface area (Å²) in [6.45, 7) is 4.58. The van der Waals surface area contributed by atoms with Gasteiger partial charge in [0, 0.05) is 6.42 Å². The molecule has 100 valence electrons. The van der Waals surface area contributed by atoms with Crippen LogP contribution in [-0.4, -0.2) is 31.6 Å². The fraction of sp³-hybridized carbons (Fsp3) is 0.833. The largest absolute Gasteiger partial charge is 0.467 e. The summed E-state index contributed by atoms with van der Waals surface area (Å²) in [7, 11) is 1.33. The number of nitrogens with one attached hydrogen (secondary N) is 1. The molecule has 0 aliphatic rings. The molecule has 5 heteroatoms. The molecule has 0 saturated carbocycles. The lowest BCUT2D eigenvalue weighted by Crippen LogP contribution is -2.42. The lowest BCUT2D eigenvalue weighted by Gasteiger charge is -2.18. The Labute approximate surface area is 103 Å². The maximum Gasteiger partial charge on any atom is 0.328 e. The van der Waals surface area contributed by atoms with E-state index in [0.29, 0.717) is 25.3 Å². The van der Waals surface area contributed by atoms with E-state index in [-0.39, 0.29) is 11.9 Å². The van der Waals surface area contributed by atoms with Gasteiger partial charge in [-0.05, 0) is 31.7 Å². The van der Waals surface area contributed by atoms with Crippen LogP contribution in [0.3, 0.4) is 0 Å². The molecule has 0 rings (SSSR count). The topological polar surface area (TPSA) is 81.4 Å². The summed E-state index contributed by atoms with van der Waals surface area (Å²) in [5.41, 5.74) is 5.35. The Kier molecular flexibility index (Phi) is 8.40. The number of hydrogen-bond acceptors (Lipinski definition) is 4. The van der Waals surface area contributed by atoms with Gasteiger partial charge in [-0.2, -0.15) is 0 Å². The molecule has 0 aromatic rings. The average Bonchev–Trinajstić information content (AvgIpc) is 2.27. The van der Waals surface area contributed by atoms with Crippen LogP contribution in [0.5, 0.6) is 0 Å². The zero-order chi connectivity index (χ0) is 13.3. The molecule has 0 aromatic carbocycles. The van der Waals surface area contributed by atoms with Gasteiger partial charge in [0.05, 0.1) is 7.11 Å². The first-order valence-electron chi connectivity index (χ1n) is 6.08. The Morgan fingerprint density at radius 2 is 1.94 bits per heavy atom. The van der Waals surface area contributed by atoms with Gasteiger partial charge in [0.25, 0.3) is 0 Å². The van der Waals surface area contributed by atoms with Crippen LogP contribution in [0.25, 0.3) is 0 Å². The lowest BCUT2D eigenvalue weighted by atomic mass is 10.0. The van der Waals surface area contributed by atoms with E-state index in [1.54, 1.807) is 0 Å². The van der Waals surface area contributed by atoms with E-state index in [9.17, 15) is 9.59 Å². The first-order valence-corrected chi connectivity index (χ1v) is 6.08. The lowest BCUT2D eigenvalue weighted by molar-refractivity contribution is -0.145. The molecule has 1 atom stereocenters. The number of rotatable bonds is 8. The molecule has 0 heterocycles. The van der Waals surface area contributed by atoms with Gasteiger partial charge in [-0.25, -0.2) is 4.79 Å². The van der Waals surface area contributed by atoms with Crippen LogP contribution in [0.1, 0.15) is 39.5 Å². The highest BCUT2D eigenvalue weighted by molar-refractivity contribution is 5.84. The highest BCUT2D eigenvalue weighted by atomic mass is 16.5. The molecule has 0 bridgehead atoms. The molecule has 0 unspecified atom stereocenters. The van der Waals surface area contributed by atoms with E-state index in [0.717, 1.165) is 12.8 Å². The zero-order valence-electron chi connectivity index (χ0n) is 11.0. The van der Waals surface area contributed by atoms with Gasteiger partial charge < -0.3 is 15.8 Å². The van der Waals surface area contributed by atoms with Crippen molar-refractivity contribution >= 4 is 11.9 Å². The molecular weight excluding hydrogens is 220 g/mol. The number of ether oxygens (including phenoxy) is 1. The van der Waals surface area contributed by atoms with Crippen molar-refractivity contribution in [2.75, 3.05) is 13.7 Å². The van der Waals surface area contributed by atoms with E-state index in [1.165, 1.54) is 7.11 Å². The van der Waals surface area contributed by atoms with Crippen molar-refractivity contribution in [3.8, 4) is 0 Å². The predicted octanol–water partition coefficient (Wildman–Crippen LogP) is 0.819. The highest BCUT2D eigenvalue weighted by Gasteiger charge is 2.22. The van der Waals surface area contributed by atoms with Gasteiger partial charge in [-0.3, -0.25) is 4.79 Å². The maximum absolute atomic E-state index is 11.6. The van der Waals surface area contributed by atoms with Crippen LogP contribution >= 0.6 is 0 Å². The molecule has 0 spiro atoms. The second-order valence-electron chi connectivity index (χ2n) is 4.52. The summed E-state index contributed by atoms with van der Waals surface area (Å²) in [5, 5.41) is 2.70. The number of amides is 1. The van der Waals surface area contributed by atoms with Gasteiger partial charge in [-0.1, -0.05) is 13.8 Å². The maximum atomic E-state index is 11.6. The number of unbranched alkanes of at least 4 members (excludes halogenated alkanes) is 1. The average molecular weight is 244 g/mol. The minimum Gasteiger partial charge on any atom is -0.467 e. The molecule has 3 N–H and O–H groups in total. The molecule has 0 saturated heterocycles. The van der Waals surface area contributed by atoms with Gasteiger partial charge in [0.2, 0.25) is 5.91 Å². The van der Waals surface area contributed by atoms with Crippen LogP contribution in [0, 0.1) is 5.92 Å². The molecule has 0 aliphatic heterocycles. The van der Waals surface area contributed by atoms with Crippen molar-refractivity contribution in [1.82, 2.24) is 5.32 Å². The quantitative estimate of drug-likeness (QED) is 0.489. The second kappa shape index (κ2) is 8.98. The fourth-order valence-corrected chi connectivity index (χ4v) is 1.52. The Hall–Kier alpha value is -1.10. The normalized spacial score (nSPS) is 12.3. The van der Waals surface area contributed by atoms with Gasteiger partial charge >= 0.3 is 5.97 Å². The fourth-order valence-electron chi connectivity index (χ4n) is 1.52. The van der Waals surface area contributed by atoms with Gasteiger partial charge in [0.15, 0.2) is 0 Å². The molecule has 17 heavy (non-hydrogen) atoms. The third kappa shape index (κ3) is 7.74. The van der Waals surface area contributed by atoms with Crippen molar-refractivity contribution in [3.63, 3.8) is 0 Å². The third-order valence-electron chi connectivity index (χ3n) is 2.39. The first-order chi connectivity index (χ1) is 8.01. The summed E-state index contributed by atoms with van der Waals surface area (Å²) in [6, 6.07) is -0.537. The van der Waals surface area contributed by atoms with Crippen LogP contribution in [-0.2, 0) is 14.3 Å². The van der Waals surface area contributed by atoms with E-state index in [1.807, 2.05) is 13.8 Å². The number of carbonyl (C=O) groups is 2. The van der Waals surface area contributed by atoms with Crippen LogP contribution < -0.4 is 11.1 Å². The van der Waals surface area contributed by atoms with Crippen molar-refractivity contribution in [2.24, 2.45) is 11.7 Å². The second-order valence-corrected chi connectivity index (χ2v) is 4.52. The first kappa shape index (κ1) is 15.9. The summed E-state index contributed by atoms with van der Waals surface area (Å²) >= 11 is 0. The van der Waals surface area contributed by atoms with Crippen molar-refractivity contribution in [2.45, 2.75) is 45.6 Å². The van der Waals surface area contributed by atoms with Gasteiger partial charge in [-0.15, -0.1) is 0 Å². The smallest absolute Gasteiger partial charge is 0.328 e. The Bertz CT molecular complexity index is 242. The number of carbonyl (C=O) groups excluding carboxylic acids is 2. The van der Waals surface area contributed by atoms with E-state index >= 15 is 0 Å². The molecule has 0 radical (unpaired) electrons. The zero-order valence-corrected chi connectivity index (χ0v) is 11.0. The minimum atomic E-state index is -0.537. The molecule has 0 aromatic heterocycles. The number of hydrogen-bond donors (Lipinski definition) is 2. The van der Waals surface area contributed by atoms with Crippen LogP contribution in [0.2, 0.25) is 0 Å². The molecule has 0 aliphatic carbocycles. The molecule has 1 amide bonds. The van der Waals surface area contributed by atoms with E-state index in [2.05, 4.69) is 10.1 Å². The minimum absolute atomic E-state index is 0.116. The molecule has 0 fully saturated rings. The summed E-state index contributed by atoms with van der Waals surface area (Å²) in [6.07, 6.45) is 2.57. The van der Waals surface area contributed by atoms with Crippen molar-refractivity contribution in [1.29, 1.82) is 0 Å². The van der Waals surface area contributed by atoms with Crippen molar-refractivity contribution in [3.05, 3.63) is 0 Å². The van der Waals surface area contributed by atoms with Crippen LogP contribution in [0.15, 0.2) is 0 Å².